The largest absolute Gasteiger partial charge is 0.426 e. The minimum Gasteiger partial charge on any atom is -0.426 e. The fourth-order valence-electron chi connectivity index (χ4n) is 3.19. The van der Waals surface area contributed by atoms with Gasteiger partial charge in [0, 0.05) is 13.1 Å². The lowest BCUT2D eigenvalue weighted by atomic mass is 9.98. The van der Waals surface area contributed by atoms with E-state index in [0.29, 0.717) is 42.5 Å². The standard InChI is InChI=1S/C21H25NO4S/c1-16(2)17-8-10-20(11-9-17)27(24,25)22-14-12-18(13-15-22)21(23)26-19-6-4-3-5-7-19/h3-11,16,18H,12-15H2,1-2H3. The monoisotopic (exact) mass is 387 g/mol. The lowest BCUT2D eigenvalue weighted by Gasteiger charge is -2.30. The molecule has 1 saturated heterocycles. The minimum atomic E-state index is -3.53. The molecular weight excluding hydrogens is 362 g/mol. The third-order valence-corrected chi connectivity index (χ3v) is 6.85. The SMILES string of the molecule is CC(C)c1ccc(S(=O)(=O)N2CCC(C(=O)Oc3ccccc3)CC2)cc1. The van der Waals surface area contributed by atoms with E-state index < -0.39 is 10.0 Å². The number of ether oxygens (including phenoxy) is 1. The van der Waals surface area contributed by atoms with Crippen molar-refractivity contribution in [2.75, 3.05) is 13.1 Å². The third-order valence-electron chi connectivity index (χ3n) is 4.93. The van der Waals surface area contributed by atoms with Crippen molar-refractivity contribution in [3.63, 3.8) is 0 Å². The van der Waals surface area contributed by atoms with Gasteiger partial charge in [-0.3, -0.25) is 4.79 Å². The van der Waals surface area contributed by atoms with Crippen molar-refractivity contribution in [3.05, 3.63) is 60.2 Å². The highest BCUT2D eigenvalue weighted by Crippen LogP contribution is 2.26. The van der Waals surface area contributed by atoms with E-state index in [1.165, 1.54) is 4.31 Å². The number of sulfonamides is 1. The minimum absolute atomic E-state index is 0.278. The molecule has 1 fully saturated rings. The number of esters is 1. The average Bonchev–Trinajstić information content (AvgIpc) is 2.69. The fraction of sp³-hybridized carbons (Fsp3) is 0.381. The molecule has 2 aromatic rings. The Labute approximate surface area is 161 Å². The van der Waals surface area contributed by atoms with Gasteiger partial charge in [0.2, 0.25) is 10.0 Å². The van der Waals surface area contributed by atoms with E-state index in [-0.39, 0.29) is 11.9 Å². The lowest BCUT2D eigenvalue weighted by molar-refractivity contribution is -0.140. The average molecular weight is 388 g/mol. The molecule has 0 atom stereocenters. The van der Waals surface area contributed by atoms with Crippen LogP contribution in [0.4, 0.5) is 0 Å². The quantitative estimate of drug-likeness (QED) is 0.578. The van der Waals surface area contributed by atoms with Gasteiger partial charge in [0.05, 0.1) is 10.8 Å². The Bertz CT molecular complexity index is 868. The van der Waals surface area contributed by atoms with Crippen molar-refractivity contribution < 1.29 is 17.9 Å². The van der Waals surface area contributed by atoms with Gasteiger partial charge in [-0.05, 0) is 48.6 Å². The molecule has 0 N–H and O–H groups in total. The molecule has 1 aliphatic rings. The number of nitrogens with zero attached hydrogens (tertiary/aromatic N) is 1. The number of hydrogen-bond acceptors (Lipinski definition) is 4. The summed E-state index contributed by atoms with van der Waals surface area (Å²) in [5, 5.41) is 0. The molecule has 0 spiro atoms. The second-order valence-electron chi connectivity index (χ2n) is 7.14. The third kappa shape index (κ3) is 4.57. The summed E-state index contributed by atoms with van der Waals surface area (Å²) >= 11 is 0. The van der Waals surface area contributed by atoms with Gasteiger partial charge in [0.1, 0.15) is 5.75 Å². The summed E-state index contributed by atoms with van der Waals surface area (Å²) in [5.41, 5.74) is 1.11. The zero-order valence-electron chi connectivity index (χ0n) is 15.7. The molecule has 0 saturated carbocycles. The first kappa shape index (κ1) is 19.6. The first-order valence-electron chi connectivity index (χ1n) is 9.25. The number of hydrogen-bond donors (Lipinski definition) is 0. The molecule has 0 bridgehead atoms. The van der Waals surface area contributed by atoms with Crippen LogP contribution in [0.5, 0.6) is 5.75 Å². The molecule has 5 nitrogen and oxygen atoms in total. The van der Waals surface area contributed by atoms with Gasteiger partial charge in [-0.15, -0.1) is 0 Å². The molecule has 144 valence electrons. The number of benzene rings is 2. The maximum absolute atomic E-state index is 12.8. The Balaban J connectivity index is 1.61. The molecule has 1 aliphatic heterocycles. The number of piperidine rings is 1. The molecule has 0 unspecified atom stereocenters. The summed E-state index contributed by atoms with van der Waals surface area (Å²) in [7, 11) is -3.53. The van der Waals surface area contributed by atoms with Crippen LogP contribution in [-0.2, 0) is 14.8 Å². The predicted molar refractivity (Wildman–Crippen MR) is 104 cm³/mol. The van der Waals surface area contributed by atoms with E-state index in [0.717, 1.165) is 5.56 Å². The lowest BCUT2D eigenvalue weighted by Crippen LogP contribution is -2.41. The molecule has 27 heavy (non-hydrogen) atoms. The smallest absolute Gasteiger partial charge is 0.314 e. The predicted octanol–water partition coefficient (Wildman–Crippen LogP) is 3.82. The van der Waals surface area contributed by atoms with E-state index >= 15 is 0 Å². The van der Waals surface area contributed by atoms with E-state index in [2.05, 4.69) is 13.8 Å². The summed E-state index contributed by atoms with van der Waals surface area (Å²) in [6, 6.07) is 16.0. The Morgan fingerprint density at radius 3 is 2.15 bits per heavy atom. The van der Waals surface area contributed by atoms with E-state index in [1.807, 2.05) is 30.3 Å². The van der Waals surface area contributed by atoms with Crippen molar-refractivity contribution in [1.29, 1.82) is 0 Å². The summed E-state index contributed by atoms with van der Waals surface area (Å²) in [6.45, 7) is 4.79. The molecule has 0 aliphatic carbocycles. The number of carbonyl (C=O) groups excluding carboxylic acids is 1. The van der Waals surface area contributed by atoms with Crippen LogP contribution in [0.15, 0.2) is 59.5 Å². The molecule has 0 amide bonds. The molecular formula is C21H25NO4S. The van der Waals surface area contributed by atoms with E-state index in [1.54, 1.807) is 24.3 Å². The zero-order valence-corrected chi connectivity index (χ0v) is 16.5. The van der Waals surface area contributed by atoms with Gasteiger partial charge in [-0.2, -0.15) is 4.31 Å². The first-order valence-corrected chi connectivity index (χ1v) is 10.7. The van der Waals surface area contributed by atoms with E-state index in [4.69, 9.17) is 4.74 Å². The van der Waals surface area contributed by atoms with Gasteiger partial charge < -0.3 is 4.74 Å². The highest BCUT2D eigenvalue weighted by molar-refractivity contribution is 7.89. The van der Waals surface area contributed by atoms with Crippen molar-refractivity contribution in [1.82, 2.24) is 4.31 Å². The van der Waals surface area contributed by atoms with Crippen molar-refractivity contribution in [3.8, 4) is 5.75 Å². The highest BCUT2D eigenvalue weighted by Gasteiger charge is 2.33. The van der Waals surface area contributed by atoms with Crippen molar-refractivity contribution in [2.24, 2.45) is 5.92 Å². The van der Waals surface area contributed by atoms with Gasteiger partial charge in [-0.25, -0.2) is 8.42 Å². The van der Waals surface area contributed by atoms with Crippen molar-refractivity contribution in [2.45, 2.75) is 37.5 Å². The molecule has 0 radical (unpaired) electrons. The Morgan fingerprint density at radius 2 is 1.59 bits per heavy atom. The Kier molecular flexibility index (Phi) is 5.97. The molecule has 0 aromatic heterocycles. The fourth-order valence-corrected chi connectivity index (χ4v) is 4.66. The second-order valence-corrected chi connectivity index (χ2v) is 9.07. The zero-order chi connectivity index (χ0) is 19.4. The highest BCUT2D eigenvalue weighted by atomic mass is 32.2. The van der Waals surface area contributed by atoms with E-state index in [9.17, 15) is 13.2 Å². The van der Waals surface area contributed by atoms with Crippen LogP contribution in [-0.4, -0.2) is 31.8 Å². The maximum Gasteiger partial charge on any atom is 0.314 e. The van der Waals surface area contributed by atoms with Gasteiger partial charge in [0.25, 0.3) is 0 Å². The van der Waals surface area contributed by atoms with Crippen LogP contribution in [0, 0.1) is 5.92 Å². The summed E-state index contributed by atoms with van der Waals surface area (Å²) in [5.74, 6) is 0.301. The topological polar surface area (TPSA) is 63.7 Å². The molecule has 2 aromatic carbocycles. The van der Waals surface area contributed by atoms with Crippen LogP contribution in [0.1, 0.15) is 38.2 Å². The summed E-state index contributed by atoms with van der Waals surface area (Å²) in [4.78, 5) is 12.6. The number of rotatable bonds is 5. The first-order chi connectivity index (χ1) is 12.9. The summed E-state index contributed by atoms with van der Waals surface area (Å²) < 4.78 is 32.5. The number of para-hydroxylation sites is 1. The summed E-state index contributed by atoms with van der Waals surface area (Å²) in [6.07, 6.45) is 0.934. The van der Waals surface area contributed by atoms with Crippen molar-refractivity contribution >= 4 is 16.0 Å². The molecule has 6 heteroatoms. The second kappa shape index (κ2) is 8.23. The number of carbonyl (C=O) groups is 1. The van der Waals surface area contributed by atoms with Crippen LogP contribution >= 0.6 is 0 Å². The van der Waals surface area contributed by atoms with Crippen LogP contribution in [0.3, 0.4) is 0 Å². The maximum atomic E-state index is 12.8. The van der Waals surface area contributed by atoms with Crippen LogP contribution in [0.2, 0.25) is 0 Å². The van der Waals surface area contributed by atoms with Gasteiger partial charge >= 0.3 is 5.97 Å². The molecule has 3 rings (SSSR count). The normalized spacial score (nSPS) is 16.4. The Morgan fingerprint density at radius 1 is 1.00 bits per heavy atom. The van der Waals surface area contributed by atoms with Gasteiger partial charge in [-0.1, -0.05) is 44.2 Å². The van der Waals surface area contributed by atoms with Gasteiger partial charge in [0.15, 0.2) is 0 Å². The molecule has 1 heterocycles. The van der Waals surface area contributed by atoms with Crippen LogP contribution in [0.25, 0.3) is 0 Å². The van der Waals surface area contributed by atoms with Crippen LogP contribution < -0.4 is 4.74 Å². The Hall–Kier alpha value is -2.18.